The van der Waals surface area contributed by atoms with Crippen molar-refractivity contribution < 1.29 is 27.2 Å². The van der Waals surface area contributed by atoms with Crippen LogP contribution in [0.1, 0.15) is 40.0 Å². The summed E-state index contributed by atoms with van der Waals surface area (Å²) < 4.78 is 54.3. The van der Waals surface area contributed by atoms with E-state index in [1.807, 2.05) is 20.8 Å². The Bertz CT molecular complexity index is 1080. The van der Waals surface area contributed by atoms with Gasteiger partial charge in [0.1, 0.15) is 23.3 Å². The van der Waals surface area contributed by atoms with Crippen LogP contribution in [0.3, 0.4) is 0 Å². The lowest BCUT2D eigenvalue weighted by Gasteiger charge is -2.46. The van der Waals surface area contributed by atoms with Crippen LogP contribution >= 0.6 is 0 Å². The number of amides is 4. The molecule has 2 aromatic rings. The Balaban J connectivity index is 1.60. The number of rotatable bonds is 5. The Kier molecular flexibility index (Phi) is 7.38. The van der Waals surface area contributed by atoms with E-state index in [9.17, 15) is 27.2 Å². The van der Waals surface area contributed by atoms with Gasteiger partial charge in [-0.1, -0.05) is 20.8 Å². The molecule has 34 heavy (non-hydrogen) atoms. The summed E-state index contributed by atoms with van der Waals surface area (Å²) in [5.74, 6) is -2.87. The van der Waals surface area contributed by atoms with Gasteiger partial charge in [0.15, 0.2) is 0 Å². The highest BCUT2D eigenvalue weighted by Crippen LogP contribution is 2.45. The highest BCUT2D eigenvalue weighted by Gasteiger charge is 2.42. The Morgan fingerprint density at radius 3 is 1.94 bits per heavy atom. The summed E-state index contributed by atoms with van der Waals surface area (Å²) in [6, 6.07) is 3.91. The van der Waals surface area contributed by atoms with E-state index in [0.29, 0.717) is 12.8 Å². The summed E-state index contributed by atoms with van der Waals surface area (Å²) in [6.07, 6.45) is 1.87. The second kappa shape index (κ2) is 9.90. The van der Waals surface area contributed by atoms with E-state index in [1.165, 1.54) is 0 Å². The van der Waals surface area contributed by atoms with Crippen molar-refractivity contribution in [2.45, 2.75) is 46.1 Å². The molecule has 0 aliphatic heterocycles. The van der Waals surface area contributed by atoms with Crippen LogP contribution in [0.25, 0.3) is 0 Å². The van der Waals surface area contributed by atoms with Crippen molar-refractivity contribution >= 4 is 23.4 Å². The van der Waals surface area contributed by atoms with Crippen LogP contribution in [-0.4, -0.2) is 24.6 Å². The molecule has 3 rings (SSSR count). The topological polar surface area (TPSA) is 82.3 Å². The number of halogens is 4. The van der Waals surface area contributed by atoms with Crippen LogP contribution in [-0.2, 0) is 0 Å². The minimum Gasteiger partial charge on any atom is -0.337 e. The monoisotopic (exact) mass is 480 g/mol. The van der Waals surface area contributed by atoms with E-state index >= 15 is 0 Å². The maximum atomic E-state index is 13.8. The summed E-state index contributed by atoms with van der Waals surface area (Å²) in [5.41, 5.74) is -1.16. The molecule has 2 aromatic carbocycles. The van der Waals surface area contributed by atoms with Crippen molar-refractivity contribution in [3.8, 4) is 0 Å². The van der Waals surface area contributed by atoms with E-state index in [4.69, 9.17) is 0 Å². The Hall–Kier alpha value is -3.30. The molecular weight excluding hydrogens is 452 g/mol. The molecule has 4 amide bonds. The van der Waals surface area contributed by atoms with Gasteiger partial charge in [0, 0.05) is 24.7 Å². The maximum absolute atomic E-state index is 13.8. The van der Waals surface area contributed by atoms with Gasteiger partial charge < -0.3 is 21.3 Å². The first-order valence-corrected chi connectivity index (χ1v) is 10.9. The van der Waals surface area contributed by atoms with E-state index < -0.39 is 40.7 Å². The van der Waals surface area contributed by atoms with Gasteiger partial charge in [-0.2, -0.15) is 0 Å². The van der Waals surface area contributed by atoms with E-state index in [2.05, 4.69) is 21.3 Å². The summed E-state index contributed by atoms with van der Waals surface area (Å²) in [4.78, 5) is 24.7. The largest absolute Gasteiger partial charge is 0.337 e. The third-order valence-corrected chi connectivity index (χ3v) is 5.81. The predicted molar refractivity (Wildman–Crippen MR) is 121 cm³/mol. The molecule has 4 N–H and O–H groups in total. The van der Waals surface area contributed by atoms with Crippen molar-refractivity contribution in [1.82, 2.24) is 10.6 Å². The lowest BCUT2D eigenvalue weighted by molar-refractivity contribution is 0.0761. The third kappa shape index (κ3) is 6.85. The fourth-order valence-corrected chi connectivity index (χ4v) is 4.86. The summed E-state index contributed by atoms with van der Waals surface area (Å²) >= 11 is 0. The number of urea groups is 2. The molecule has 6 nitrogen and oxygen atoms in total. The smallest absolute Gasteiger partial charge is 0.319 e. The molecule has 184 valence electrons. The van der Waals surface area contributed by atoms with Crippen molar-refractivity contribution in [3.05, 3.63) is 59.7 Å². The molecule has 1 aliphatic carbocycles. The molecule has 0 saturated heterocycles. The number of anilines is 2. The summed E-state index contributed by atoms with van der Waals surface area (Å²) in [6.45, 7) is 6.24. The van der Waals surface area contributed by atoms with Crippen LogP contribution in [0.5, 0.6) is 0 Å². The van der Waals surface area contributed by atoms with Gasteiger partial charge in [-0.25, -0.2) is 27.2 Å². The van der Waals surface area contributed by atoms with Gasteiger partial charge in [0.2, 0.25) is 0 Å². The highest BCUT2D eigenvalue weighted by molar-refractivity contribution is 5.90. The average molecular weight is 481 g/mol. The summed E-state index contributed by atoms with van der Waals surface area (Å²) in [5, 5.41) is 10.1. The number of hydrogen-bond donors (Lipinski definition) is 4. The first kappa shape index (κ1) is 25.3. The van der Waals surface area contributed by atoms with Crippen molar-refractivity contribution in [3.63, 3.8) is 0 Å². The molecular formula is C24H28F4N4O2. The molecule has 0 spiro atoms. The Labute approximate surface area is 195 Å². The van der Waals surface area contributed by atoms with Gasteiger partial charge in [-0.05, 0) is 54.4 Å². The standard InChI is InChI=1S/C24H28F4N4O2/c1-23(2)10-16(30-22(34)32-20-9-15(26)5-7-18(20)28)11-24(3,12-23)13-29-21(33)31-19-8-14(25)4-6-17(19)27/h4-9,16H,10-13H2,1-3H3,(H2,29,31,33)(H2,30,32,34)/t16-,24+/m1/s1. The third-order valence-electron chi connectivity index (χ3n) is 5.81. The zero-order valence-corrected chi connectivity index (χ0v) is 19.2. The number of carbonyl (C=O) groups is 2. The predicted octanol–water partition coefficient (Wildman–Crippen LogP) is 5.77. The SMILES string of the molecule is CC1(C)C[C@@H](NC(=O)Nc2cc(F)ccc2F)C[C@](C)(CNC(=O)Nc2cc(F)ccc2F)C1. The fourth-order valence-electron chi connectivity index (χ4n) is 4.86. The van der Waals surface area contributed by atoms with E-state index in [-0.39, 0.29) is 29.4 Å². The number of benzene rings is 2. The van der Waals surface area contributed by atoms with Crippen molar-refractivity contribution in [1.29, 1.82) is 0 Å². The molecule has 10 heteroatoms. The first-order chi connectivity index (χ1) is 15.8. The fraction of sp³-hybridized carbons (Fsp3) is 0.417. The van der Waals surface area contributed by atoms with Gasteiger partial charge in [-0.15, -0.1) is 0 Å². The second-order valence-corrected chi connectivity index (χ2v) is 9.91. The molecule has 1 aliphatic rings. The van der Waals surface area contributed by atoms with Gasteiger partial charge in [-0.3, -0.25) is 0 Å². The van der Waals surface area contributed by atoms with E-state index in [1.54, 1.807) is 0 Å². The van der Waals surface area contributed by atoms with Gasteiger partial charge in [0.05, 0.1) is 11.4 Å². The molecule has 0 unspecified atom stereocenters. The number of carbonyl (C=O) groups excluding carboxylic acids is 2. The molecule has 0 aromatic heterocycles. The van der Waals surface area contributed by atoms with Crippen molar-refractivity contribution in [2.24, 2.45) is 10.8 Å². The maximum Gasteiger partial charge on any atom is 0.319 e. The lowest BCUT2D eigenvalue weighted by Crippen LogP contribution is -2.51. The molecule has 0 radical (unpaired) electrons. The Morgan fingerprint density at radius 2 is 1.38 bits per heavy atom. The zero-order valence-electron chi connectivity index (χ0n) is 19.2. The minimum absolute atomic E-state index is 0.193. The lowest BCUT2D eigenvalue weighted by atomic mass is 9.62. The average Bonchev–Trinajstić information content (AvgIpc) is 2.70. The normalized spacial score (nSPS) is 21.4. The van der Waals surface area contributed by atoms with Crippen LogP contribution in [0.2, 0.25) is 0 Å². The number of nitrogens with one attached hydrogen (secondary N) is 4. The van der Waals surface area contributed by atoms with Crippen LogP contribution in [0.15, 0.2) is 36.4 Å². The van der Waals surface area contributed by atoms with Crippen molar-refractivity contribution in [2.75, 3.05) is 17.2 Å². The molecule has 2 atom stereocenters. The minimum atomic E-state index is -0.758. The van der Waals surface area contributed by atoms with E-state index in [0.717, 1.165) is 42.8 Å². The Morgan fingerprint density at radius 1 is 0.853 bits per heavy atom. The zero-order chi connectivity index (χ0) is 25.1. The van der Waals surface area contributed by atoms with Crippen LogP contribution < -0.4 is 21.3 Å². The van der Waals surface area contributed by atoms with Gasteiger partial charge in [0.25, 0.3) is 0 Å². The number of hydrogen-bond acceptors (Lipinski definition) is 2. The molecule has 0 bridgehead atoms. The quantitative estimate of drug-likeness (QED) is 0.410. The molecule has 0 heterocycles. The van der Waals surface area contributed by atoms with Crippen LogP contribution in [0.4, 0.5) is 38.5 Å². The second-order valence-electron chi connectivity index (χ2n) is 9.91. The van der Waals surface area contributed by atoms with Crippen LogP contribution in [0, 0.1) is 34.1 Å². The molecule has 1 fully saturated rings. The highest BCUT2D eigenvalue weighted by atomic mass is 19.1. The molecule has 1 saturated carbocycles. The summed E-state index contributed by atoms with van der Waals surface area (Å²) in [7, 11) is 0. The van der Waals surface area contributed by atoms with Gasteiger partial charge >= 0.3 is 12.1 Å². The first-order valence-electron chi connectivity index (χ1n) is 10.9.